The number of thiol groups is 1. The van der Waals surface area contributed by atoms with Crippen LogP contribution in [-0.2, 0) is 0 Å². The first-order valence-electron chi connectivity index (χ1n) is 6.70. The Morgan fingerprint density at radius 1 is 1.57 bits per heavy atom. The molecule has 0 unspecified atom stereocenters. The molecule has 5 nitrogen and oxygen atoms in total. The Morgan fingerprint density at radius 3 is 2.71 bits per heavy atom. The second-order valence-corrected chi connectivity index (χ2v) is 5.25. The van der Waals surface area contributed by atoms with Crippen molar-refractivity contribution in [2.45, 2.75) is 0 Å². The minimum absolute atomic E-state index is 0.0379. The zero-order chi connectivity index (χ0) is 16.0. The van der Waals surface area contributed by atoms with Gasteiger partial charge in [-0.05, 0) is 13.1 Å². The summed E-state index contributed by atoms with van der Waals surface area (Å²) < 4.78 is 0. The lowest BCUT2D eigenvalue weighted by Gasteiger charge is -2.28. The second kappa shape index (κ2) is 8.07. The van der Waals surface area contributed by atoms with Gasteiger partial charge in [0.1, 0.15) is 0 Å². The van der Waals surface area contributed by atoms with Crippen LogP contribution in [0.4, 0.5) is 0 Å². The van der Waals surface area contributed by atoms with Gasteiger partial charge in [-0.1, -0.05) is 13.2 Å². The van der Waals surface area contributed by atoms with E-state index in [1.165, 1.54) is 0 Å². The van der Waals surface area contributed by atoms with E-state index in [0.717, 1.165) is 22.7 Å². The van der Waals surface area contributed by atoms with Crippen LogP contribution in [0.2, 0.25) is 0 Å². The zero-order valence-corrected chi connectivity index (χ0v) is 13.8. The van der Waals surface area contributed by atoms with Gasteiger partial charge < -0.3 is 20.2 Å². The van der Waals surface area contributed by atoms with Crippen molar-refractivity contribution in [3.8, 4) is 0 Å². The highest BCUT2D eigenvalue weighted by Gasteiger charge is 2.21. The monoisotopic (exact) mass is 308 g/mol. The largest absolute Gasteiger partial charge is 0.395 e. The number of hydrogen-bond donors (Lipinski definition) is 3. The lowest BCUT2D eigenvalue weighted by molar-refractivity contribution is 0.269. The molecule has 0 aromatic carbocycles. The summed E-state index contributed by atoms with van der Waals surface area (Å²) in [6.07, 6.45) is 3.48. The number of β-amino-alcohol motifs (C(OH)–C–C–N with tert-alkyl or cyclic N) is 1. The number of nitrogens with zero attached hydrogens (tertiary/aromatic N) is 3. The second-order valence-electron chi connectivity index (χ2n) is 4.80. The van der Waals surface area contributed by atoms with Crippen molar-refractivity contribution in [1.29, 1.82) is 0 Å². The number of aliphatic imine (C=N–C) groups is 1. The molecule has 0 amide bonds. The fourth-order valence-electron chi connectivity index (χ4n) is 2.10. The van der Waals surface area contributed by atoms with E-state index in [1.54, 1.807) is 17.3 Å². The summed E-state index contributed by atoms with van der Waals surface area (Å²) in [5.74, 6) is 0. The Morgan fingerprint density at radius 2 is 2.24 bits per heavy atom. The molecule has 0 saturated carbocycles. The van der Waals surface area contributed by atoms with Crippen LogP contribution >= 0.6 is 12.6 Å². The van der Waals surface area contributed by atoms with Crippen LogP contribution in [0.15, 0.2) is 51.8 Å². The lowest BCUT2D eigenvalue weighted by Crippen LogP contribution is -2.29. The first-order valence-corrected chi connectivity index (χ1v) is 7.14. The Bertz CT molecular complexity index is 506. The van der Waals surface area contributed by atoms with Crippen LogP contribution in [0.3, 0.4) is 0 Å². The number of hydrogen-bond acceptors (Lipinski definition) is 6. The molecule has 116 valence electrons. The van der Waals surface area contributed by atoms with Crippen LogP contribution in [0.25, 0.3) is 0 Å². The molecule has 1 heterocycles. The van der Waals surface area contributed by atoms with E-state index in [0.29, 0.717) is 18.0 Å². The normalized spacial score (nSPS) is 16.2. The average molecular weight is 308 g/mol. The Kier molecular flexibility index (Phi) is 6.74. The van der Waals surface area contributed by atoms with Gasteiger partial charge in [0, 0.05) is 38.5 Å². The fraction of sp³-hybridized carbons (Fsp3) is 0.400. The predicted octanol–water partition coefficient (Wildman–Crippen LogP) is 1.20. The molecular weight excluding hydrogens is 284 g/mol. The van der Waals surface area contributed by atoms with E-state index in [-0.39, 0.29) is 6.61 Å². The van der Waals surface area contributed by atoms with Crippen molar-refractivity contribution >= 4 is 19.0 Å². The minimum Gasteiger partial charge on any atom is -0.395 e. The third kappa shape index (κ3) is 4.00. The SMILES string of the molecule is C=C/C(=C(\CNC)C1=C(S)C(=C)N(CCO)C=N1)N(C)C. The Labute approximate surface area is 132 Å². The van der Waals surface area contributed by atoms with Gasteiger partial charge in [0.15, 0.2) is 0 Å². The van der Waals surface area contributed by atoms with Crippen LogP contribution in [0, 0.1) is 0 Å². The molecule has 0 atom stereocenters. The molecule has 0 aromatic heterocycles. The molecular formula is C15H24N4OS. The summed E-state index contributed by atoms with van der Waals surface area (Å²) in [6, 6.07) is 0. The van der Waals surface area contributed by atoms with Gasteiger partial charge in [-0.25, -0.2) is 4.99 Å². The van der Waals surface area contributed by atoms with E-state index in [2.05, 4.69) is 36.1 Å². The van der Waals surface area contributed by atoms with Gasteiger partial charge in [0.2, 0.25) is 0 Å². The summed E-state index contributed by atoms with van der Waals surface area (Å²) in [4.78, 5) is 8.97. The molecule has 0 saturated heterocycles. The molecule has 1 aliphatic rings. The quantitative estimate of drug-likeness (QED) is 0.489. The van der Waals surface area contributed by atoms with Crippen LogP contribution in [-0.4, -0.2) is 62.1 Å². The van der Waals surface area contributed by atoms with E-state index in [1.807, 2.05) is 26.0 Å². The van der Waals surface area contributed by atoms with Crippen molar-refractivity contribution in [3.63, 3.8) is 0 Å². The van der Waals surface area contributed by atoms with Crippen molar-refractivity contribution in [2.75, 3.05) is 40.8 Å². The topological polar surface area (TPSA) is 51.1 Å². The number of aliphatic hydroxyl groups is 1. The predicted molar refractivity (Wildman–Crippen MR) is 92.3 cm³/mol. The van der Waals surface area contributed by atoms with Crippen molar-refractivity contribution < 1.29 is 5.11 Å². The van der Waals surface area contributed by atoms with Gasteiger partial charge in [-0.2, -0.15) is 0 Å². The Balaban J connectivity index is 3.31. The molecule has 0 radical (unpaired) electrons. The minimum atomic E-state index is 0.0379. The summed E-state index contributed by atoms with van der Waals surface area (Å²) in [5.41, 5.74) is 3.48. The number of rotatable bonds is 7. The summed E-state index contributed by atoms with van der Waals surface area (Å²) in [7, 11) is 5.81. The molecule has 0 bridgehead atoms. The molecule has 0 aromatic rings. The number of allylic oxidation sites excluding steroid dienone is 1. The Hall–Kier alpha value is -1.50. The highest BCUT2D eigenvalue weighted by molar-refractivity contribution is 7.84. The van der Waals surface area contributed by atoms with Crippen LogP contribution in [0.5, 0.6) is 0 Å². The fourth-order valence-corrected chi connectivity index (χ4v) is 2.42. The molecule has 1 aliphatic heterocycles. The van der Waals surface area contributed by atoms with Crippen molar-refractivity contribution in [1.82, 2.24) is 15.1 Å². The van der Waals surface area contributed by atoms with Gasteiger partial charge >= 0.3 is 0 Å². The highest BCUT2D eigenvalue weighted by Crippen LogP contribution is 2.31. The highest BCUT2D eigenvalue weighted by atomic mass is 32.1. The third-order valence-electron chi connectivity index (χ3n) is 3.14. The number of likely N-dealkylation sites (N-methyl/N-ethyl adjacent to an activating group) is 2. The molecule has 0 spiro atoms. The smallest absolute Gasteiger partial charge is 0.0958 e. The summed E-state index contributed by atoms with van der Waals surface area (Å²) in [5, 5.41) is 12.2. The van der Waals surface area contributed by atoms with Gasteiger partial charge in [0.05, 0.1) is 29.2 Å². The lowest BCUT2D eigenvalue weighted by atomic mass is 10.1. The van der Waals surface area contributed by atoms with E-state index >= 15 is 0 Å². The van der Waals surface area contributed by atoms with E-state index in [4.69, 9.17) is 5.11 Å². The van der Waals surface area contributed by atoms with Crippen molar-refractivity contribution in [3.05, 3.63) is 46.8 Å². The average Bonchev–Trinajstić information content (AvgIpc) is 2.44. The molecule has 2 N–H and O–H groups in total. The first-order chi connectivity index (χ1) is 9.97. The maximum absolute atomic E-state index is 9.06. The molecule has 0 aliphatic carbocycles. The van der Waals surface area contributed by atoms with Crippen LogP contribution in [0.1, 0.15) is 0 Å². The van der Waals surface area contributed by atoms with Crippen molar-refractivity contribution in [2.24, 2.45) is 4.99 Å². The van der Waals surface area contributed by atoms with E-state index in [9.17, 15) is 0 Å². The van der Waals surface area contributed by atoms with Gasteiger partial charge in [0.25, 0.3) is 0 Å². The standard InChI is InChI=1S/C15H24N4OS/c1-6-13(18(4)5)12(9-16-3)14-15(21)11(2)19(7-8-20)10-17-14/h6,10,16,20-21H,1-2,7-9H2,3-5H3/b13-12-. The maximum Gasteiger partial charge on any atom is 0.0958 e. The number of nitrogens with one attached hydrogen (secondary N) is 1. The third-order valence-corrected chi connectivity index (χ3v) is 3.61. The van der Waals surface area contributed by atoms with Gasteiger partial charge in [-0.15, -0.1) is 12.6 Å². The maximum atomic E-state index is 9.06. The molecule has 6 heteroatoms. The number of aliphatic hydroxyl groups excluding tert-OH is 1. The van der Waals surface area contributed by atoms with Gasteiger partial charge in [-0.3, -0.25) is 0 Å². The zero-order valence-electron chi connectivity index (χ0n) is 12.9. The molecule has 0 fully saturated rings. The summed E-state index contributed by atoms with van der Waals surface area (Å²) >= 11 is 4.57. The first kappa shape index (κ1) is 17.6. The summed E-state index contributed by atoms with van der Waals surface area (Å²) in [6.45, 7) is 9.03. The molecule has 1 rings (SSSR count). The van der Waals surface area contributed by atoms with Crippen LogP contribution < -0.4 is 5.32 Å². The van der Waals surface area contributed by atoms with E-state index < -0.39 is 0 Å². The molecule has 21 heavy (non-hydrogen) atoms.